The monoisotopic (exact) mass is 296 g/mol. The SMILES string of the molecule is CC(C)CCC(C)NCCN(C)Cc1cccc(Cl)c1. The van der Waals surface area contributed by atoms with Crippen molar-refractivity contribution in [3.05, 3.63) is 34.9 Å². The van der Waals surface area contributed by atoms with Crippen LogP contribution in [0.15, 0.2) is 24.3 Å². The molecule has 1 unspecified atom stereocenters. The largest absolute Gasteiger partial charge is 0.313 e. The van der Waals surface area contributed by atoms with Gasteiger partial charge in [-0.25, -0.2) is 0 Å². The summed E-state index contributed by atoms with van der Waals surface area (Å²) in [4.78, 5) is 2.33. The lowest BCUT2D eigenvalue weighted by atomic mass is 10.0. The Labute approximate surface area is 129 Å². The lowest BCUT2D eigenvalue weighted by Gasteiger charge is -2.20. The Morgan fingerprint density at radius 2 is 1.95 bits per heavy atom. The van der Waals surface area contributed by atoms with E-state index in [1.807, 2.05) is 18.2 Å². The molecule has 0 bridgehead atoms. The highest BCUT2D eigenvalue weighted by atomic mass is 35.5. The van der Waals surface area contributed by atoms with Crippen molar-refractivity contribution >= 4 is 11.6 Å². The molecular weight excluding hydrogens is 268 g/mol. The molecule has 0 heterocycles. The minimum Gasteiger partial charge on any atom is -0.313 e. The Kier molecular flexibility index (Phi) is 8.20. The second-order valence-electron chi connectivity index (χ2n) is 6.19. The van der Waals surface area contributed by atoms with Gasteiger partial charge in [-0.3, -0.25) is 0 Å². The molecule has 1 aromatic carbocycles. The highest BCUT2D eigenvalue weighted by molar-refractivity contribution is 6.30. The summed E-state index contributed by atoms with van der Waals surface area (Å²) in [7, 11) is 2.15. The van der Waals surface area contributed by atoms with Gasteiger partial charge in [0.2, 0.25) is 0 Å². The molecule has 1 N–H and O–H groups in total. The van der Waals surface area contributed by atoms with Crippen LogP contribution in [0.3, 0.4) is 0 Å². The fourth-order valence-electron chi connectivity index (χ4n) is 2.21. The molecule has 3 heteroatoms. The zero-order chi connectivity index (χ0) is 15.0. The van der Waals surface area contributed by atoms with Crippen LogP contribution in [0.25, 0.3) is 0 Å². The first kappa shape index (κ1) is 17.5. The van der Waals surface area contributed by atoms with E-state index in [9.17, 15) is 0 Å². The fraction of sp³-hybridized carbons (Fsp3) is 0.647. The summed E-state index contributed by atoms with van der Waals surface area (Å²) in [6, 6.07) is 8.70. The molecule has 1 atom stereocenters. The predicted molar refractivity (Wildman–Crippen MR) is 89.3 cm³/mol. The molecule has 0 aromatic heterocycles. The third-order valence-electron chi connectivity index (χ3n) is 3.50. The quantitative estimate of drug-likeness (QED) is 0.735. The van der Waals surface area contributed by atoms with Gasteiger partial charge in [0.1, 0.15) is 0 Å². The van der Waals surface area contributed by atoms with Gasteiger partial charge in [-0.15, -0.1) is 0 Å². The fourth-order valence-corrected chi connectivity index (χ4v) is 2.43. The van der Waals surface area contributed by atoms with E-state index in [0.717, 1.165) is 30.6 Å². The van der Waals surface area contributed by atoms with E-state index in [4.69, 9.17) is 11.6 Å². The first-order valence-corrected chi connectivity index (χ1v) is 8.01. The minimum absolute atomic E-state index is 0.608. The summed E-state index contributed by atoms with van der Waals surface area (Å²) >= 11 is 6.00. The number of benzene rings is 1. The minimum atomic E-state index is 0.608. The first-order chi connectivity index (χ1) is 9.47. The van der Waals surface area contributed by atoms with E-state index in [1.165, 1.54) is 18.4 Å². The van der Waals surface area contributed by atoms with Crippen molar-refractivity contribution in [1.29, 1.82) is 0 Å². The Morgan fingerprint density at radius 1 is 1.20 bits per heavy atom. The van der Waals surface area contributed by atoms with E-state index in [0.29, 0.717) is 6.04 Å². The summed E-state index contributed by atoms with van der Waals surface area (Å²) < 4.78 is 0. The Morgan fingerprint density at radius 3 is 2.60 bits per heavy atom. The number of hydrogen-bond donors (Lipinski definition) is 1. The van der Waals surface area contributed by atoms with Gasteiger partial charge in [-0.05, 0) is 50.4 Å². The molecule has 0 radical (unpaired) electrons. The topological polar surface area (TPSA) is 15.3 Å². The van der Waals surface area contributed by atoms with Crippen LogP contribution in [0, 0.1) is 5.92 Å². The maximum Gasteiger partial charge on any atom is 0.0409 e. The van der Waals surface area contributed by atoms with Gasteiger partial charge in [-0.1, -0.05) is 37.6 Å². The van der Waals surface area contributed by atoms with Gasteiger partial charge in [0, 0.05) is 30.7 Å². The van der Waals surface area contributed by atoms with Crippen LogP contribution >= 0.6 is 11.6 Å². The Bertz CT molecular complexity index is 379. The van der Waals surface area contributed by atoms with Gasteiger partial charge >= 0.3 is 0 Å². The van der Waals surface area contributed by atoms with Crippen LogP contribution in [0.1, 0.15) is 39.2 Å². The molecule has 0 saturated carbocycles. The van der Waals surface area contributed by atoms with Crippen molar-refractivity contribution in [2.24, 2.45) is 5.92 Å². The van der Waals surface area contributed by atoms with Gasteiger partial charge in [0.15, 0.2) is 0 Å². The zero-order valence-electron chi connectivity index (χ0n) is 13.3. The number of nitrogens with zero attached hydrogens (tertiary/aromatic N) is 1. The summed E-state index contributed by atoms with van der Waals surface area (Å²) in [6.45, 7) is 9.88. The maximum absolute atomic E-state index is 6.00. The zero-order valence-corrected chi connectivity index (χ0v) is 14.1. The van der Waals surface area contributed by atoms with Crippen molar-refractivity contribution in [2.75, 3.05) is 20.1 Å². The van der Waals surface area contributed by atoms with E-state index < -0.39 is 0 Å². The molecule has 0 aliphatic rings. The smallest absolute Gasteiger partial charge is 0.0409 e. The molecule has 114 valence electrons. The number of hydrogen-bond acceptors (Lipinski definition) is 2. The third-order valence-corrected chi connectivity index (χ3v) is 3.74. The van der Waals surface area contributed by atoms with Crippen LogP contribution in [-0.2, 0) is 6.54 Å². The molecule has 0 amide bonds. The molecule has 1 rings (SSSR count). The van der Waals surface area contributed by atoms with Gasteiger partial charge < -0.3 is 10.2 Å². The van der Waals surface area contributed by atoms with Gasteiger partial charge in [0.05, 0.1) is 0 Å². The first-order valence-electron chi connectivity index (χ1n) is 7.63. The summed E-state index contributed by atoms with van der Waals surface area (Å²) in [5.41, 5.74) is 1.27. The lowest BCUT2D eigenvalue weighted by molar-refractivity contribution is 0.314. The molecule has 0 aliphatic carbocycles. The molecule has 20 heavy (non-hydrogen) atoms. The summed E-state index contributed by atoms with van der Waals surface area (Å²) in [5, 5.41) is 4.41. The van der Waals surface area contributed by atoms with Crippen molar-refractivity contribution < 1.29 is 0 Å². The van der Waals surface area contributed by atoms with Crippen LogP contribution in [0.2, 0.25) is 5.02 Å². The van der Waals surface area contributed by atoms with Gasteiger partial charge in [-0.2, -0.15) is 0 Å². The van der Waals surface area contributed by atoms with Crippen LogP contribution in [0.4, 0.5) is 0 Å². The van der Waals surface area contributed by atoms with Crippen LogP contribution in [-0.4, -0.2) is 31.1 Å². The number of likely N-dealkylation sites (N-methyl/N-ethyl adjacent to an activating group) is 1. The van der Waals surface area contributed by atoms with Crippen LogP contribution in [0.5, 0.6) is 0 Å². The molecule has 0 fully saturated rings. The van der Waals surface area contributed by atoms with Crippen molar-refractivity contribution in [2.45, 2.75) is 46.2 Å². The number of halogens is 1. The summed E-state index contributed by atoms with van der Waals surface area (Å²) in [5.74, 6) is 0.796. The average molecular weight is 297 g/mol. The van der Waals surface area contributed by atoms with E-state index in [-0.39, 0.29) is 0 Å². The van der Waals surface area contributed by atoms with Crippen molar-refractivity contribution in [1.82, 2.24) is 10.2 Å². The van der Waals surface area contributed by atoms with E-state index >= 15 is 0 Å². The maximum atomic E-state index is 6.00. The lowest BCUT2D eigenvalue weighted by Crippen LogP contribution is -2.34. The van der Waals surface area contributed by atoms with E-state index in [2.05, 4.69) is 44.1 Å². The molecule has 0 spiro atoms. The molecular formula is C17H29ClN2. The summed E-state index contributed by atoms with van der Waals surface area (Å²) in [6.07, 6.45) is 2.56. The standard InChI is InChI=1S/C17H29ClN2/c1-14(2)8-9-15(3)19-10-11-20(4)13-16-6-5-7-17(18)12-16/h5-7,12,14-15,19H,8-11,13H2,1-4H3. The van der Waals surface area contributed by atoms with Crippen molar-refractivity contribution in [3.63, 3.8) is 0 Å². The van der Waals surface area contributed by atoms with E-state index in [1.54, 1.807) is 0 Å². The Hall–Kier alpha value is -0.570. The number of rotatable bonds is 9. The third kappa shape index (κ3) is 7.88. The van der Waals surface area contributed by atoms with Gasteiger partial charge in [0.25, 0.3) is 0 Å². The Balaban J connectivity index is 2.18. The molecule has 0 aliphatic heterocycles. The van der Waals surface area contributed by atoms with Crippen LogP contribution < -0.4 is 5.32 Å². The second kappa shape index (κ2) is 9.38. The highest BCUT2D eigenvalue weighted by Crippen LogP contribution is 2.12. The molecule has 0 saturated heterocycles. The predicted octanol–water partition coefficient (Wildman–Crippen LogP) is 4.19. The normalized spacial score (nSPS) is 13.2. The molecule has 2 nitrogen and oxygen atoms in total. The average Bonchev–Trinajstić information content (AvgIpc) is 2.36. The van der Waals surface area contributed by atoms with Crippen molar-refractivity contribution in [3.8, 4) is 0 Å². The number of nitrogens with one attached hydrogen (secondary N) is 1. The highest BCUT2D eigenvalue weighted by Gasteiger charge is 2.05. The second-order valence-corrected chi connectivity index (χ2v) is 6.63. The molecule has 1 aromatic rings.